The maximum absolute atomic E-state index is 4.93. The highest BCUT2D eigenvalue weighted by Gasteiger charge is 2.20. The van der Waals surface area contributed by atoms with Crippen molar-refractivity contribution in [2.24, 2.45) is 10.9 Å². The summed E-state index contributed by atoms with van der Waals surface area (Å²) in [7, 11) is 0. The van der Waals surface area contributed by atoms with Crippen LogP contribution in [0, 0.1) is 5.92 Å². The maximum Gasteiger partial charge on any atom is 0.191 e. The molecule has 2 fully saturated rings. The third-order valence-corrected chi connectivity index (χ3v) is 6.22. The van der Waals surface area contributed by atoms with Crippen LogP contribution in [-0.4, -0.2) is 43.1 Å². The Morgan fingerprint density at radius 2 is 2.08 bits per heavy atom. The molecule has 0 bridgehead atoms. The van der Waals surface area contributed by atoms with Gasteiger partial charge >= 0.3 is 0 Å². The summed E-state index contributed by atoms with van der Waals surface area (Å²) in [5.41, 5.74) is 0. The number of halogens is 1. The fraction of sp³-hybridized carbons (Fsp3) is 0.750. The summed E-state index contributed by atoms with van der Waals surface area (Å²) < 4.78 is 0. The Labute approximate surface area is 180 Å². The Morgan fingerprint density at radius 3 is 2.81 bits per heavy atom. The Kier molecular flexibility index (Phi) is 10.3. The number of rotatable bonds is 6. The van der Waals surface area contributed by atoms with Gasteiger partial charge in [0.05, 0.1) is 0 Å². The first kappa shape index (κ1) is 22.0. The largest absolute Gasteiger partial charge is 0.357 e. The monoisotopic (exact) mass is 490 g/mol. The topological polar surface area (TPSA) is 39.7 Å². The smallest absolute Gasteiger partial charge is 0.191 e. The molecule has 0 amide bonds. The zero-order chi connectivity index (χ0) is 17.3. The summed E-state index contributed by atoms with van der Waals surface area (Å²) in [6, 6.07) is 5.03. The molecule has 0 spiro atoms. The second kappa shape index (κ2) is 12.2. The first-order chi connectivity index (χ1) is 12.3. The lowest BCUT2D eigenvalue weighted by Crippen LogP contribution is -2.44. The molecule has 6 heteroatoms. The van der Waals surface area contributed by atoms with Crippen molar-refractivity contribution < 1.29 is 0 Å². The molecular formula is C20H35IN4S. The molecule has 1 saturated carbocycles. The maximum atomic E-state index is 4.93. The van der Waals surface area contributed by atoms with E-state index in [1.807, 2.05) is 11.3 Å². The number of guanidine groups is 1. The van der Waals surface area contributed by atoms with Crippen molar-refractivity contribution in [3.8, 4) is 0 Å². The van der Waals surface area contributed by atoms with Crippen LogP contribution < -0.4 is 10.6 Å². The van der Waals surface area contributed by atoms with Gasteiger partial charge in [-0.1, -0.05) is 25.3 Å². The molecule has 1 unspecified atom stereocenters. The highest BCUT2D eigenvalue weighted by molar-refractivity contribution is 14.0. The standard InChI is InChI=1S/C20H34N4S.HI/c1-2-21-20(23-18-9-4-3-5-10-18)22-14-17-8-6-12-24(15-17)16-19-11-7-13-25-19;/h7,11,13,17-18H,2-6,8-10,12,14-16H2,1H3,(H2,21,22,23);1H. The molecule has 1 aromatic heterocycles. The molecule has 1 aliphatic carbocycles. The van der Waals surface area contributed by atoms with Crippen molar-refractivity contribution in [2.75, 3.05) is 26.2 Å². The zero-order valence-corrected chi connectivity index (χ0v) is 19.2. The van der Waals surface area contributed by atoms with Gasteiger partial charge in [0.2, 0.25) is 0 Å². The summed E-state index contributed by atoms with van der Waals surface area (Å²) >= 11 is 1.87. The van der Waals surface area contributed by atoms with Crippen LogP contribution in [0.25, 0.3) is 0 Å². The SMILES string of the molecule is CCNC(=NCC1CCCN(Cc2cccs2)C1)NC1CCCCC1.I. The van der Waals surface area contributed by atoms with Crippen molar-refractivity contribution in [2.45, 2.75) is 64.5 Å². The van der Waals surface area contributed by atoms with Crippen LogP contribution in [0.4, 0.5) is 0 Å². The van der Waals surface area contributed by atoms with Gasteiger partial charge in [-0.15, -0.1) is 35.3 Å². The van der Waals surface area contributed by atoms with E-state index in [9.17, 15) is 0 Å². The van der Waals surface area contributed by atoms with E-state index in [0.29, 0.717) is 12.0 Å². The Bertz CT molecular complexity index is 514. The number of hydrogen-bond donors (Lipinski definition) is 2. The van der Waals surface area contributed by atoms with E-state index < -0.39 is 0 Å². The van der Waals surface area contributed by atoms with Gasteiger partial charge in [0.25, 0.3) is 0 Å². The van der Waals surface area contributed by atoms with E-state index in [4.69, 9.17) is 4.99 Å². The van der Waals surface area contributed by atoms with Gasteiger partial charge in [-0.3, -0.25) is 9.89 Å². The molecule has 1 atom stereocenters. The van der Waals surface area contributed by atoms with E-state index in [0.717, 1.165) is 25.6 Å². The van der Waals surface area contributed by atoms with Gasteiger partial charge in [-0.05, 0) is 56.5 Å². The van der Waals surface area contributed by atoms with Gasteiger partial charge in [0, 0.05) is 37.1 Å². The average molecular weight is 490 g/mol. The average Bonchev–Trinajstić information content (AvgIpc) is 3.14. The predicted octanol–water partition coefficient (Wildman–Crippen LogP) is 4.47. The van der Waals surface area contributed by atoms with Crippen molar-refractivity contribution in [1.82, 2.24) is 15.5 Å². The molecule has 1 aromatic rings. The number of nitrogens with zero attached hydrogens (tertiary/aromatic N) is 2. The van der Waals surface area contributed by atoms with Crippen molar-refractivity contribution >= 4 is 41.3 Å². The number of nitrogens with one attached hydrogen (secondary N) is 2. The summed E-state index contributed by atoms with van der Waals surface area (Å²) in [5, 5.41) is 9.30. The first-order valence-corrected chi connectivity index (χ1v) is 11.0. The third kappa shape index (κ3) is 7.35. The number of aliphatic imine (C=N–C) groups is 1. The highest BCUT2D eigenvalue weighted by Crippen LogP contribution is 2.21. The Hall–Kier alpha value is -0.340. The van der Waals surface area contributed by atoms with Gasteiger partial charge in [0.15, 0.2) is 5.96 Å². The molecule has 0 aromatic carbocycles. The fourth-order valence-corrected chi connectivity index (χ4v) is 4.79. The van der Waals surface area contributed by atoms with Crippen molar-refractivity contribution in [3.63, 3.8) is 0 Å². The predicted molar refractivity (Wildman–Crippen MR) is 124 cm³/mol. The van der Waals surface area contributed by atoms with Crippen LogP contribution in [0.15, 0.2) is 22.5 Å². The second-order valence-electron chi connectivity index (χ2n) is 7.52. The number of hydrogen-bond acceptors (Lipinski definition) is 3. The Balaban J connectivity index is 0.00000243. The molecule has 3 rings (SSSR count). The fourth-order valence-electron chi connectivity index (χ4n) is 4.05. The number of piperidine rings is 1. The Morgan fingerprint density at radius 1 is 1.23 bits per heavy atom. The van der Waals surface area contributed by atoms with E-state index in [-0.39, 0.29) is 24.0 Å². The van der Waals surface area contributed by atoms with Crippen LogP contribution in [0.3, 0.4) is 0 Å². The molecule has 2 aliphatic rings. The normalized spacial score (nSPS) is 22.7. The summed E-state index contributed by atoms with van der Waals surface area (Å²) in [6.45, 7) is 7.57. The van der Waals surface area contributed by atoms with Crippen molar-refractivity contribution in [3.05, 3.63) is 22.4 Å². The van der Waals surface area contributed by atoms with Crippen LogP contribution in [0.2, 0.25) is 0 Å². The number of likely N-dealkylation sites (tertiary alicyclic amines) is 1. The van der Waals surface area contributed by atoms with Gasteiger partial charge in [-0.2, -0.15) is 0 Å². The molecule has 0 radical (unpaired) electrons. The van der Waals surface area contributed by atoms with E-state index >= 15 is 0 Å². The molecule has 148 valence electrons. The zero-order valence-electron chi connectivity index (χ0n) is 16.1. The van der Waals surface area contributed by atoms with Crippen LogP contribution >= 0.6 is 35.3 Å². The summed E-state index contributed by atoms with van der Waals surface area (Å²) in [6.07, 6.45) is 9.32. The third-order valence-electron chi connectivity index (χ3n) is 5.36. The van der Waals surface area contributed by atoms with E-state index in [2.05, 4.69) is 40.0 Å². The quantitative estimate of drug-likeness (QED) is 0.351. The minimum absolute atomic E-state index is 0. The van der Waals surface area contributed by atoms with E-state index in [1.165, 1.54) is 62.9 Å². The minimum Gasteiger partial charge on any atom is -0.357 e. The first-order valence-electron chi connectivity index (χ1n) is 10.1. The molecule has 1 saturated heterocycles. The number of thiophene rings is 1. The lowest BCUT2D eigenvalue weighted by Gasteiger charge is -2.32. The van der Waals surface area contributed by atoms with E-state index in [1.54, 1.807) is 0 Å². The molecule has 2 N–H and O–H groups in total. The summed E-state index contributed by atoms with van der Waals surface area (Å²) in [4.78, 5) is 9.02. The second-order valence-corrected chi connectivity index (χ2v) is 8.55. The highest BCUT2D eigenvalue weighted by atomic mass is 127. The van der Waals surface area contributed by atoms with Crippen molar-refractivity contribution in [1.29, 1.82) is 0 Å². The van der Waals surface area contributed by atoms with Gasteiger partial charge in [0.1, 0.15) is 0 Å². The lowest BCUT2D eigenvalue weighted by molar-refractivity contribution is 0.172. The molecular weight excluding hydrogens is 455 g/mol. The van der Waals surface area contributed by atoms with Crippen LogP contribution in [-0.2, 0) is 6.54 Å². The molecule has 1 aliphatic heterocycles. The van der Waals surface area contributed by atoms with Crippen LogP contribution in [0.1, 0.15) is 56.7 Å². The molecule has 4 nitrogen and oxygen atoms in total. The molecule has 26 heavy (non-hydrogen) atoms. The van der Waals surface area contributed by atoms with Gasteiger partial charge in [-0.25, -0.2) is 0 Å². The lowest BCUT2D eigenvalue weighted by atomic mass is 9.96. The molecule has 2 heterocycles. The van der Waals surface area contributed by atoms with Gasteiger partial charge < -0.3 is 10.6 Å². The van der Waals surface area contributed by atoms with Crippen LogP contribution in [0.5, 0.6) is 0 Å². The summed E-state index contributed by atoms with van der Waals surface area (Å²) in [5.74, 6) is 1.72. The minimum atomic E-state index is 0.